The Kier molecular flexibility index (Phi) is 57.0. The topological polar surface area (TPSA) is 95.9 Å². The number of amides is 1. The van der Waals surface area contributed by atoms with E-state index >= 15 is 0 Å². The third kappa shape index (κ3) is 55.2. The fraction of sp³-hybridized carbons (Fsp3) is 0.873. The third-order valence-corrected chi connectivity index (χ3v) is 14.1. The first-order chi connectivity index (χ1) is 34.0. The minimum atomic E-state index is -0.851. The van der Waals surface area contributed by atoms with Crippen LogP contribution < -0.4 is 5.32 Å². The Bertz CT molecular complexity index is 1120. The SMILES string of the molecule is CCC/C=C\C/C=C\CCCCCCCC(=O)OCCCCCCCCCCCCCCCCCCC(=O)NC(CO)C(O)/C=C/CCCCCCCCCCCCCCCCCCCCCCC. The van der Waals surface area contributed by atoms with Gasteiger partial charge >= 0.3 is 5.97 Å². The monoisotopic (exact) mass is 970 g/mol. The van der Waals surface area contributed by atoms with Gasteiger partial charge in [0.25, 0.3) is 0 Å². The van der Waals surface area contributed by atoms with Gasteiger partial charge < -0.3 is 20.3 Å². The summed E-state index contributed by atoms with van der Waals surface area (Å²) in [6.45, 7) is 4.84. The molecule has 0 saturated heterocycles. The van der Waals surface area contributed by atoms with Crippen LogP contribution in [0.1, 0.15) is 328 Å². The average Bonchev–Trinajstić information content (AvgIpc) is 3.35. The molecule has 0 saturated carbocycles. The number of hydrogen-bond donors (Lipinski definition) is 3. The zero-order valence-electron chi connectivity index (χ0n) is 46.3. The van der Waals surface area contributed by atoms with Gasteiger partial charge in [-0.15, -0.1) is 0 Å². The number of carbonyl (C=O) groups excluding carboxylic acids is 2. The molecule has 0 aromatic carbocycles. The number of esters is 1. The molecule has 0 aliphatic rings. The number of rotatable bonds is 57. The first-order valence-electron chi connectivity index (χ1n) is 30.8. The van der Waals surface area contributed by atoms with E-state index < -0.39 is 12.1 Å². The van der Waals surface area contributed by atoms with Crippen molar-refractivity contribution in [2.45, 2.75) is 341 Å². The van der Waals surface area contributed by atoms with Gasteiger partial charge in [0.2, 0.25) is 5.91 Å². The number of aliphatic hydroxyl groups is 2. The Morgan fingerprint density at radius 1 is 0.406 bits per heavy atom. The van der Waals surface area contributed by atoms with Crippen molar-refractivity contribution >= 4 is 11.9 Å². The minimum Gasteiger partial charge on any atom is -0.466 e. The predicted octanol–water partition coefficient (Wildman–Crippen LogP) is 19.2. The Balaban J connectivity index is 3.47. The number of nitrogens with one attached hydrogen (secondary N) is 1. The molecule has 0 aromatic heterocycles. The number of ether oxygens (including phenoxy) is 1. The van der Waals surface area contributed by atoms with Crippen molar-refractivity contribution in [1.29, 1.82) is 0 Å². The summed E-state index contributed by atoms with van der Waals surface area (Å²) in [6, 6.07) is -0.635. The summed E-state index contributed by atoms with van der Waals surface area (Å²) in [5.74, 6) is -0.0855. The van der Waals surface area contributed by atoms with Crippen molar-refractivity contribution in [2.24, 2.45) is 0 Å². The molecule has 0 spiro atoms. The summed E-state index contributed by atoms with van der Waals surface area (Å²) in [7, 11) is 0. The fourth-order valence-corrected chi connectivity index (χ4v) is 9.44. The summed E-state index contributed by atoms with van der Waals surface area (Å²) >= 11 is 0. The normalized spacial score (nSPS) is 12.8. The van der Waals surface area contributed by atoms with Crippen molar-refractivity contribution in [3.63, 3.8) is 0 Å². The van der Waals surface area contributed by atoms with Gasteiger partial charge in [-0.3, -0.25) is 9.59 Å². The second kappa shape index (κ2) is 58.6. The highest BCUT2D eigenvalue weighted by Gasteiger charge is 2.18. The summed E-state index contributed by atoms with van der Waals surface area (Å²) < 4.78 is 5.46. The van der Waals surface area contributed by atoms with Gasteiger partial charge in [0.1, 0.15) is 0 Å². The van der Waals surface area contributed by atoms with Gasteiger partial charge in [0.05, 0.1) is 25.4 Å². The van der Waals surface area contributed by atoms with Gasteiger partial charge in [-0.25, -0.2) is 0 Å². The lowest BCUT2D eigenvalue weighted by Crippen LogP contribution is -2.45. The quantitative estimate of drug-likeness (QED) is 0.0321. The number of carbonyl (C=O) groups is 2. The summed E-state index contributed by atoms with van der Waals surface area (Å²) in [4.78, 5) is 24.5. The first-order valence-corrected chi connectivity index (χ1v) is 30.8. The maximum absolute atomic E-state index is 12.5. The molecule has 0 heterocycles. The molecular weight excluding hydrogens is 851 g/mol. The van der Waals surface area contributed by atoms with E-state index in [0.717, 1.165) is 57.8 Å². The van der Waals surface area contributed by atoms with Gasteiger partial charge in [-0.2, -0.15) is 0 Å². The van der Waals surface area contributed by atoms with Crippen LogP contribution in [0.2, 0.25) is 0 Å². The van der Waals surface area contributed by atoms with Crippen LogP contribution in [-0.4, -0.2) is 47.4 Å². The highest BCUT2D eigenvalue weighted by molar-refractivity contribution is 5.76. The maximum atomic E-state index is 12.5. The van der Waals surface area contributed by atoms with Crippen LogP contribution in [0.25, 0.3) is 0 Å². The van der Waals surface area contributed by atoms with Crippen LogP contribution in [0.3, 0.4) is 0 Å². The van der Waals surface area contributed by atoms with Gasteiger partial charge in [0.15, 0.2) is 0 Å². The van der Waals surface area contributed by atoms with Crippen molar-refractivity contribution in [1.82, 2.24) is 5.32 Å². The Morgan fingerprint density at radius 2 is 0.754 bits per heavy atom. The molecule has 0 bridgehead atoms. The molecule has 2 atom stereocenters. The second-order valence-corrected chi connectivity index (χ2v) is 21.0. The third-order valence-electron chi connectivity index (χ3n) is 14.1. The van der Waals surface area contributed by atoms with Crippen molar-refractivity contribution in [3.8, 4) is 0 Å². The van der Waals surface area contributed by atoms with E-state index in [-0.39, 0.29) is 18.5 Å². The molecule has 6 nitrogen and oxygen atoms in total. The average molecular weight is 971 g/mol. The highest BCUT2D eigenvalue weighted by Crippen LogP contribution is 2.17. The molecule has 1 amide bonds. The van der Waals surface area contributed by atoms with Gasteiger partial charge in [-0.05, 0) is 57.8 Å². The number of allylic oxidation sites excluding steroid dienone is 5. The van der Waals surface area contributed by atoms with Crippen LogP contribution in [0.15, 0.2) is 36.5 Å². The summed E-state index contributed by atoms with van der Waals surface area (Å²) in [6.07, 6.45) is 73.2. The molecule has 0 fully saturated rings. The smallest absolute Gasteiger partial charge is 0.305 e. The van der Waals surface area contributed by atoms with Crippen LogP contribution in [-0.2, 0) is 14.3 Å². The van der Waals surface area contributed by atoms with Crippen LogP contribution in [0.4, 0.5) is 0 Å². The van der Waals surface area contributed by atoms with E-state index in [9.17, 15) is 19.8 Å². The lowest BCUT2D eigenvalue weighted by atomic mass is 10.0. The highest BCUT2D eigenvalue weighted by atomic mass is 16.5. The van der Waals surface area contributed by atoms with E-state index in [0.29, 0.717) is 19.4 Å². The molecule has 406 valence electrons. The molecule has 0 rings (SSSR count). The second-order valence-electron chi connectivity index (χ2n) is 21.0. The molecule has 3 N–H and O–H groups in total. The fourth-order valence-electron chi connectivity index (χ4n) is 9.44. The van der Waals surface area contributed by atoms with Gasteiger partial charge in [0, 0.05) is 12.8 Å². The number of unbranched alkanes of at least 4 members (excludes halogenated alkanes) is 42. The zero-order valence-corrected chi connectivity index (χ0v) is 46.3. The molecule has 0 radical (unpaired) electrons. The summed E-state index contributed by atoms with van der Waals surface area (Å²) in [5, 5.41) is 23.2. The maximum Gasteiger partial charge on any atom is 0.305 e. The Morgan fingerprint density at radius 3 is 1.16 bits per heavy atom. The molecule has 6 heteroatoms. The summed E-state index contributed by atoms with van der Waals surface area (Å²) in [5.41, 5.74) is 0. The Labute approximate surface area is 430 Å². The molecule has 0 aromatic rings. The molecule has 0 aliphatic heterocycles. The predicted molar refractivity (Wildman–Crippen MR) is 301 cm³/mol. The van der Waals surface area contributed by atoms with Crippen LogP contribution >= 0.6 is 0 Å². The van der Waals surface area contributed by atoms with E-state index in [4.69, 9.17) is 4.74 Å². The van der Waals surface area contributed by atoms with E-state index in [2.05, 4.69) is 43.5 Å². The minimum absolute atomic E-state index is 0.0129. The van der Waals surface area contributed by atoms with Crippen molar-refractivity contribution < 1.29 is 24.5 Å². The Hall–Kier alpha value is -1.92. The van der Waals surface area contributed by atoms with Crippen LogP contribution in [0.5, 0.6) is 0 Å². The van der Waals surface area contributed by atoms with Crippen molar-refractivity contribution in [3.05, 3.63) is 36.5 Å². The van der Waals surface area contributed by atoms with E-state index in [1.807, 2.05) is 6.08 Å². The van der Waals surface area contributed by atoms with E-state index in [1.165, 1.54) is 244 Å². The van der Waals surface area contributed by atoms with Gasteiger partial charge in [-0.1, -0.05) is 294 Å². The standard InChI is InChI=1S/C63H119NO5/c1-3-5-7-9-11-13-15-17-18-19-20-21-22-23-24-25-28-32-35-39-43-47-51-55-61(66)60(59-65)64-62(67)56-52-48-44-40-36-33-29-26-27-30-34-38-42-46-50-54-58-69-63(68)57-53-49-45-41-37-31-16-14-12-10-8-6-4-2/h8,10,14,16,51,55,60-61,65-66H,3-7,9,11-13,15,17-50,52-54,56-59H2,1-2H3,(H,64,67)/b10-8-,16-14-,55-51+. The number of aliphatic hydroxyl groups excluding tert-OH is 2. The lowest BCUT2D eigenvalue weighted by Gasteiger charge is -2.20. The molecular formula is C63H119NO5. The largest absolute Gasteiger partial charge is 0.466 e. The lowest BCUT2D eigenvalue weighted by molar-refractivity contribution is -0.143. The first kappa shape index (κ1) is 67.1. The molecule has 2 unspecified atom stereocenters. The van der Waals surface area contributed by atoms with E-state index in [1.54, 1.807) is 6.08 Å². The van der Waals surface area contributed by atoms with Crippen molar-refractivity contribution in [2.75, 3.05) is 13.2 Å². The van der Waals surface area contributed by atoms with Crippen LogP contribution in [0, 0.1) is 0 Å². The molecule has 0 aliphatic carbocycles. The molecule has 69 heavy (non-hydrogen) atoms. The number of hydrogen-bond acceptors (Lipinski definition) is 5. The zero-order chi connectivity index (χ0) is 50.0.